The van der Waals surface area contributed by atoms with Crippen molar-refractivity contribution in [3.63, 3.8) is 0 Å². The second kappa shape index (κ2) is 5.08. The number of benzene rings is 1. The van der Waals surface area contributed by atoms with E-state index in [2.05, 4.69) is 19.9 Å². The van der Waals surface area contributed by atoms with Gasteiger partial charge in [-0.2, -0.15) is 0 Å². The van der Waals surface area contributed by atoms with Crippen LogP contribution in [-0.2, 0) is 6.54 Å². The number of aromatic amines is 1. The monoisotopic (exact) mass is 267 g/mol. The molecule has 6 nitrogen and oxygen atoms in total. The molecule has 1 aromatic carbocycles. The number of nitrogens with zero attached hydrogens (tertiary/aromatic N) is 4. The minimum Gasteiger partial charge on any atom is -0.339 e. The first-order valence-electron chi connectivity index (χ1n) is 6.19. The molecule has 0 fully saturated rings. The van der Waals surface area contributed by atoms with Crippen molar-refractivity contribution in [2.45, 2.75) is 6.54 Å². The summed E-state index contributed by atoms with van der Waals surface area (Å²) < 4.78 is 0. The van der Waals surface area contributed by atoms with Gasteiger partial charge in [0, 0.05) is 19.4 Å². The topological polar surface area (TPSA) is 74.8 Å². The molecule has 0 bridgehead atoms. The molecule has 100 valence electrons. The minimum atomic E-state index is -0.142. The highest BCUT2D eigenvalue weighted by molar-refractivity contribution is 5.78. The summed E-state index contributed by atoms with van der Waals surface area (Å²) in [6, 6.07) is 7.27. The van der Waals surface area contributed by atoms with Crippen molar-refractivity contribution >= 4 is 16.9 Å². The second-order valence-corrected chi connectivity index (χ2v) is 4.46. The van der Waals surface area contributed by atoms with Crippen molar-refractivity contribution in [1.82, 2.24) is 19.9 Å². The molecular formula is C14H13N5O. The van der Waals surface area contributed by atoms with Gasteiger partial charge in [0.05, 0.1) is 29.3 Å². The Kier molecular flexibility index (Phi) is 3.12. The van der Waals surface area contributed by atoms with Crippen molar-refractivity contribution in [2.75, 3.05) is 11.9 Å². The summed E-state index contributed by atoms with van der Waals surface area (Å²) in [6.07, 6.45) is 4.95. The first-order valence-corrected chi connectivity index (χ1v) is 6.19. The van der Waals surface area contributed by atoms with Gasteiger partial charge in [-0.15, -0.1) is 0 Å². The van der Waals surface area contributed by atoms with E-state index in [-0.39, 0.29) is 5.56 Å². The van der Waals surface area contributed by atoms with E-state index in [1.54, 1.807) is 24.7 Å². The molecule has 2 aromatic heterocycles. The lowest BCUT2D eigenvalue weighted by molar-refractivity contribution is 0.834. The number of nitrogens with one attached hydrogen (secondary N) is 1. The highest BCUT2D eigenvalue weighted by Crippen LogP contribution is 2.11. The third-order valence-corrected chi connectivity index (χ3v) is 2.98. The molecule has 0 atom stereocenters. The minimum absolute atomic E-state index is 0.142. The summed E-state index contributed by atoms with van der Waals surface area (Å²) in [5.41, 5.74) is 1.35. The van der Waals surface area contributed by atoms with Gasteiger partial charge in [-0.25, -0.2) is 4.98 Å². The van der Waals surface area contributed by atoms with Crippen LogP contribution in [0.2, 0.25) is 0 Å². The molecule has 0 aliphatic carbocycles. The fourth-order valence-electron chi connectivity index (χ4n) is 1.98. The van der Waals surface area contributed by atoms with Crippen LogP contribution in [0.4, 0.5) is 5.95 Å². The second-order valence-electron chi connectivity index (χ2n) is 4.46. The Bertz CT molecular complexity index is 784. The highest BCUT2D eigenvalue weighted by atomic mass is 16.1. The molecule has 0 saturated carbocycles. The van der Waals surface area contributed by atoms with Crippen molar-refractivity contribution in [1.29, 1.82) is 0 Å². The summed E-state index contributed by atoms with van der Waals surface area (Å²) in [5.74, 6) is 0.513. The maximum Gasteiger partial charge on any atom is 0.260 e. The normalized spacial score (nSPS) is 10.7. The number of H-pyrrole nitrogens is 1. The molecule has 3 rings (SSSR count). The molecule has 0 amide bonds. The molecule has 6 heteroatoms. The van der Waals surface area contributed by atoms with E-state index in [0.29, 0.717) is 23.4 Å². The molecular weight excluding hydrogens is 254 g/mol. The van der Waals surface area contributed by atoms with Crippen molar-refractivity contribution in [3.8, 4) is 0 Å². The average Bonchev–Trinajstić information content (AvgIpc) is 2.48. The first-order chi connectivity index (χ1) is 9.74. The van der Waals surface area contributed by atoms with Crippen LogP contribution in [0.1, 0.15) is 5.69 Å². The maximum atomic E-state index is 12.0. The molecule has 0 radical (unpaired) electrons. The number of hydrogen-bond acceptors (Lipinski definition) is 5. The van der Waals surface area contributed by atoms with Gasteiger partial charge in [0.25, 0.3) is 5.56 Å². The van der Waals surface area contributed by atoms with E-state index >= 15 is 0 Å². The fourth-order valence-corrected chi connectivity index (χ4v) is 1.98. The van der Waals surface area contributed by atoms with E-state index < -0.39 is 0 Å². The van der Waals surface area contributed by atoms with Gasteiger partial charge in [-0.3, -0.25) is 19.7 Å². The van der Waals surface area contributed by atoms with Gasteiger partial charge in [-0.1, -0.05) is 12.1 Å². The van der Waals surface area contributed by atoms with E-state index in [4.69, 9.17) is 0 Å². The number of fused-ring (bicyclic) bond motifs is 1. The number of hydrogen-bond donors (Lipinski definition) is 1. The Morgan fingerprint density at radius 3 is 2.90 bits per heavy atom. The lowest BCUT2D eigenvalue weighted by Crippen LogP contribution is -2.23. The van der Waals surface area contributed by atoms with Gasteiger partial charge in [0.15, 0.2) is 0 Å². The Labute approximate surface area is 115 Å². The Balaban J connectivity index is 1.96. The number of rotatable bonds is 3. The van der Waals surface area contributed by atoms with Gasteiger partial charge in [-0.05, 0) is 12.1 Å². The third kappa shape index (κ3) is 2.35. The van der Waals surface area contributed by atoms with E-state index in [1.807, 2.05) is 30.1 Å². The molecule has 1 N–H and O–H groups in total. The van der Waals surface area contributed by atoms with Crippen LogP contribution in [0.3, 0.4) is 0 Å². The van der Waals surface area contributed by atoms with Crippen LogP contribution < -0.4 is 10.5 Å². The standard InChI is InChI=1S/C14H13N5O/c1-19(9-10-8-15-6-7-16-10)14-17-12-5-3-2-4-11(12)13(20)18-14/h2-8H,9H2,1H3,(H,17,18,20). The SMILES string of the molecule is CN(Cc1cnccn1)c1nc2ccccc2c(=O)[nH]1. The Morgan fingerprint density at radius 2 is 2.10 bits per heavy atom. The van der Waals surface area contributed by atoms with E-state index in [0.717, 1.165) is 5.69 Å². The van der Waals surface area contributed by atoms with Crippen LogP contribution in [-0.4, -0.2) is 27.0 Å². The number of anilines is 1. The first kappa shape index (κ1) is 12.3. The molecule has 0 aliphatic rings. The van der Waals surface area contributed by atoms with Crippen LogP contribution in [0.5, 0.6) is 0 Å². The van der Waals surface area contributed by atoms with Gasteiger partial charge < -0.3 is 4.90 Å². The summed E-state index contributed by atoms with van der Waals surface area (Å²) in [4.78, 5) is 29.3. The zero-order chi connectivity index (χ0) is 13.9. The van der Waals surface area contributed by atoms with Gasteiger partial charge >= 0.3 is 0 Å². The maximum absolute atomic E-state index is 12.0. The summed E-state index contributed by atoms with van der Waals surface area (Å²) in [7, 11) is 1.85. The van der Waals surface area contributed by atoms with Gasteiger partial charge in [0.2, 0.25) is 5.95 Å². The summed E-state index contributed by atoms with van der Waals surface area (Å²) >= 11 is 0. The zero-order valence-corrected chi connectivity index (χ0v) is 10.9. The van der Waals surface area contributed by atoms with E-state index in [1.165, 1.54) is 0 Å². The van der Waals surface area contributed by atoms with Crippen molar-refractivity contribution < 1.29 is 0 Å². The molecule has 20 heavy (non-hydrogen) atoms. The highest BCUT2D eigenvalue weighted by Gasteiger charge is 2.08. The molecule has 3 aromatic rings. The Morgan fingerprint density at radius 1 is 1.25 bits per heavy atom. The number of para-hydroxylation sites is 1. The van der Waals surface area contributed by atoms with Gasteiger partial charge in [0.1, 0.15) is 0 Å². The fraction of sp³-hybridized carbons (Fsp3) is 0.143. The quantitative estimate of drug-likeness (QED) is 0.775. The largest absolute Gasteiger partial charge is 0.339 e. The van der Waals surface area contributed by atoms with Crippen molar-refractivity contribution in [2.24, 2.45) is 0 Å². The average molecular weight is 267 g/mol. The molecule has 0 aliphatic heterocycles. The number of aromatic nitrogens is 4. The summed E-state index contributed by atoms with van der Waals surface area (Å²) in [6.45, 7) is 0.523. The van der Waals surface area contributed by atoms with E-state index in [9.17, 15) is 4.79 Å². The molecule has 0 spiro atoms. The van der Waals surface area contributed by atoms with Crippen molar-refractivity contribution in [3.05, 3.63) is 58.9 Å². The molecule has 2 heterocycles. The lowest BCUT2D eigenvalue weighted by Gasteiger charge is -2.17. The zero-order valence-electron chi connectivity index (χ0n) is 10.9. The summed E-state index contributed by atoms with van der Waals surface area (Å²) in [5, 5.41) is 0.587. The Hall–Kier alpha value is -2.76. The van der Waals surface area contributed by atoms with Crippen LogP contribution >= 0.6 is 0 Å². The predicted molar refractivity (Wildman–Crippen MR) is 76.5 cm³/mol. The third-order valence-electron chi connectivity index (χ3n) is 2.98. The lowest BCUT2D eigenvalue weighted by atomic mass is 10.2. The van der Waals surface area contributed by atoms with Crippen LogP contribution in [0.25, 0.3) is 10.9 Å². The van der Waals surface area contributed by atoms with Crippen LogP contribution in [0, 0.1) is 0 Å². The van der Waals surface area contributed by atoms with Crippen LogP contribution in [0.15, 0.2) is 47.7 Å². The molecule has 0 saturated heterocycles. The molecule has 0 unspecified atom stereocenters. The predicted octanol–water partition coefficient (Wildman–Crippen LogP) is 1.35. The smallest absolute Gasteiger partial charge is 0.260 e.